The van der Waals surface area contributed by atoms with Crippen molar-refractivity contribution >= 4 is 11.6 Å². The molecule has 0 saturated heterocycles. The van der Waals surface area contributed by atoms with Crippen molar-refractivity contribution < 1.29 is 4.79 Å². The lowest BCUT2D eigenvalue weighted by Gasteiger charge is -1.99. The Bertz CT molecular complexity index is 236. The van der Waals surface area contributed by atoms with Gasteiger partial charge in [-0.15, -0.1) is 0 Å². The fraction of sp³-hybridized carbons (Fsp3) is 0.444. The summed E-state index contributed by atoms with van der Waals surface area (Å²) in [5.41, 5.74) is 0.638. The van der Waals surface area contributed by atoms with Crippen LogP contribution >= 0.6 is 0 Å². The van der Waals surface area contributed by atoms with Crippen LogP contribution in [0.4, 0.5) is 5.69 Å². The summed E-state index contributed by atoms with van der Waals surface area (Å²) in [6.45, 7) is 5.79. The summed E-state index contributed by atoms with van der Waals surface area (Å²) >= 11 is 0. The Morgan fingerprint density at radius 1 is 1.38 bits per heavy atom. The first-order valence-corrected chi connectivity index (χ1v) is 4.37. The van der Waals surface area contributed by atoms with Crippen LogP contribution in [0.3, 0.4) is 0 Å². The van der Waals surface area contributed by atoms with E-state index in [1.807, 2.05) is 13.8 Å². The molecule has 0 unspecified atom stereocenters. The minimum Gasteiger partial charge on any atom is -0.323 e. The second-order valence-corrected chi connectivity index (χ2v) is 2.03. The molecule has 0 saturated carbocycles. The van der Waals surface area contributed by atoms with E-state index in [1.165, 1.54) is 6.33 Å². The maximum Gasteiger partial charge on any atom is 0.224 e. The van der Waals surface area contributed by atoms with Gasteiger partial charge < -0.3 is 5.32 Å². The number of nitrogens with one attached hydrogen (secondary N) is 1. The van der Waals surface area contributed by atoms with Crippen molar-refractivity contribution in [3.63, 3.8) is 0 Å². The van der Waals surface area contributed by atoms with Crippen molar-refractivity contribution in [1.82, 2.24) is 9.97 Å². The monoisotopic (exact) mass is 181 g/mol. The summed E-state index contributed by atoms with van der Waals surface area (Å²) in [4.78, 5) is 18.3. The normalized spacial score (nSPS) is 8.23. The molecule has 0 fully saturated rings. The topological polar surface area (TPSA) is 54.9 Å². The zero-order valence-electron chi connectivity index (χ0n) is 8.24. The number of carbonyl (C=O) groups excluding carboxylic acids is 1. The molecule has 72 valence electrons. The van der Waals surface area contributed by atoms with Crippen molar-refractivity contribution in [2.24, 2.45) is 0 Å². The van der Waals surface area contributed by atoms with Crippen LogP contribution in [-0.2, 0) is 4.79 Å². The molecule has 1 amide bonds. The number of nitrogens with zero attached hydrogens (tertiary/aromatic N) is 2. The van der Waals surface area contributed by atoms with Crippen LogP contribution in [0.2, 0.25) is 0 Å². The van der Waals surface area contributed by atoms with Crippen molar-refractivity contribution in [2.45, 2.75) is 27.2 Å². The van der Waals surface area contributed by atoms with Crippen LogP contribution in [0.15, 0.2) is 18.7 Å². The second-order valence-electron chi connectivity index (χ2n) is 2.03. The minimum atomic E-state index is -0.0280. The highest BCUT2D eigenvalue weighted by Crippen LogP contribution is 1.99. The Hall–Kier alpha value is -1.45. The van der Waals surface area contributed by atoms with Crippen molar-refractivity contribution in [1.29, 1.82) is 0 Å². The van der Waals surface area contributed by atoms with Crippen molar-refractivity contribution in [3.8, 4) is 0 Å². The summed E-state index contributed by atoms with van der Waals surface area (Å²) < 4.78 is 0. The highest BCUT2D eigenvalue weighted by molar-refractivity contribution is 5.89. The van der Waals surface area contributed by atoms with E-state index >= 15 is 0 Å². The van der Waals surface area contributed by atoms with E-state index in [0.29, 0.717) is 12.1 Å². The highest BCUT2D eigenvalue weighted by Gasteiger charge is 1.96. The number of amides is 1. The molecule has 1 heterocycles. The molecular formula is C9H15N3O. The third-order valence-corrected chi connectivity index (χ3v) is 1.17. The lowest BCUT2D eigenvalue weighted by atomic mass is 10.4. The Labute approximate surface area is 78.4 Å². The van der Waals surface area contributed by atoms with E-state index in [9.17, 15) is 4.79 Å². The Morgan fingerprint density at radius 3 is 2.38 bits per heavy atom. The van der Waals surface area contributed by atoms with Gasteiger partial charge in [0.25, 0.3) is 0 Å². The lowest BCUT2D eigenvalue weighted by Crippen LogP contribution is -2.09. The third-order valence-electron chi connectivity index (χ3n) is 1.17. The molecular weight excluding hydrogens is 166 g/mol. The molecule has 4 heteroatoms. The first-order valence-electron chi connectivity index (χ1n) is 4.37. The minimum absolute atomic E-state index is 0.0280. The summed E-state index contributed by atoms with van der Waals surface area (Å²) in [5, 5.41) is 2.63. The maximum absolute atomic E-state index is 10.8. The molecule has 1 aromatic rings. The fourth-order valence-electron chi connectivity index (χ4n) is 0.613. The molecule has 0 radical (unpaired) electrons. The van der Waals surface area contributed by atoms with Crippen LogP contribution in [0, 0.1) is 0 Å². The first kappa shape index (κ1) is 11.6. The first-order chi connectivity index (χ1) is 6.33. The average molecular weight is 181 g/mol. The SMILES string of the molecule is CC.CCC(=O)Nc1cncnc1. The van der Waals surface area contributed by atoms with Crippen LogP contribution in [0.25, 0.3) is 0 Å². The maximum atomic E-state index is 10.8. The molecule has 1 aromatic heterocycles. The third kappa shape index (κ3) is 4.90. The molecule has 13 heavy (non-hydrogen) atoms. The van der Waals surface area contributed by atoms with E-state index in [1.54, 1.807) is 19.3 Å². The van der Waals surface area contributed by atoms with Gasteiger partial charge in [0, 0.05) is 6.42 Å². The smallest absolute Gasteiger partial charge is 0.224 e. The van der Waals surface area contributed by atoms with Gasteiger partial charge in [-0.2, -0.15) is 0 Å². The molecule has 0 atom stereocenters. The number of carbonyl (C=O) groups is 1. The van der Waals surface area contributed by atoms with Gasteiger partial charge >= 0.3 is 0 Å². The van der Waals surface area contributed by atoms with E-state index in [-0.39, 0.29) is 5.91 Å². The summed E-state index contributed by atoms with van der Waals surface area (Å²) in [6, 6.07) is 0. The Morgan fingerprint density at radius 2 is 1.92 bits per heavy atom. The van der Waals surface area contributed by atoms with Gasteiger partial charge in [0.1, 0.15) is 6.33 Å². The fourth-order valence-corrected chi connectivity index (χ4v) is 0.613. The highest BCUT2D eigenvalue weighted by atomic mass is 16.1. The van der Waals surface area contributed by atoms with Crippen molar-refractivity contribution in [2.75, 3.05) is 5.32 Å². The van der Waals surface area contributed by atoms with Gasteiger partial charge in [0.15, 0.2) is 0 Å². The molecule has 0 bridgehead atoms. The molecule has 1 rings (SSSR count). The van der Waals surface area contributed by atoms with E-state index in [2.05, 4.69) is 15.3 Å². The predicted octanol–water partition coefficient (Wildman–Crippen LogP) is 1.85. The molecule has 0 spiro atoms. The molecule has 0 aromatic carbocycles. The van der Waals surface area contributed by atoms with Gasteiger partial charge in [-0.25, -0.2) is 9.97 Å². The summed E-state index contributed by atoms with van der Waals surface area (Å²) in [7, 11) is 0. The largest absolute Gasteiger partial charge is 0.323 e. The van der Waals surface area contributed by atoms with Crippen LogP contribution in [-0.4, -0.2) is 15.9 Å². The van der Waals surface area contributed by atoms with Gasteiger partial charge in [-0.3, -0.25) is 4.79 Å². The van der Waals surface area contributed by atoms with Crippen LogP contribution in [0.5, 0.6) is 0 Å². The zero-order valence-corrected chi connectivity index (χ0v) is 8.24. The van der Waals surface area contributed by atoms with Gasteiger partial charge in [0.05, 0.1) is 18.1 Å². The van der Waals surface area contributed by atoms with E-state index in [4.69, 9.17) is 0 Å². The number of hydrogen-bond donors (Lipinski definition) is 1. The van der Waals surface area contributed by atoms with Gasteiger partial charge in [0.2, 0.25) is 5.91 Å². The molecule has 4 nitrogen and oxygen atoms in total. The molecule has 0 aliphatic carbocycles. The number of aromatic nitrogens is 2. The lowest BCUT2D eigenvalue weighted by molar-refractivity contribution is -0.115. The summed E-state index contributed by atoms with van der Waals surface area (Å²) in [6.07, 6.45) is 5.00. The van der Waals surface area contributed by atoms with Gasteiger partial charge in [-0.05, 0) is 0 Å². The number of rotatable bonds is 2. The summed E-state index contributed by atoms with van der Waals surface area (Å²) in [5.74, 6) is -0.0280. The quantitative estimate of drug-likeness (QED) is 0.757. The molecule has 0 aliphatic rings. The van der Waals surface area contributed by atoms with Crippen LogP contribution in [0.1, 0.15) is 27.2 Å². The predicted molar refractivity (Wildman–Crippen MR) is 52.3 cm³/mol. The Kier molecular flexibility index (Phi) is 6.41. The molecule has 0 aliphatic heterocycles. The van der Waals surface area contributed by atoms with Crippen molar-refractivity contribution in [3.05, 3.63) is 18.7 Å². The number of hydrogen-bond acceptors (Lipinski definition) is 3. The van der Waals surface area contributed by atoms with E-state index in [0.717, 1.165) is 0 Å². The second kappa shape index (κ2) is 7.21. The van der Waals surface area contributed by atoms with Crippen LogP contribution < -0.4 is 5.32 Å². The van der Waals surface area contributed by atoms with Gasteiger partial charge in [-0.1, -0.05) is 20.8 Å². The Balaban J connectivity index is 0.000000671. The molecule has 1 N–H and O–H groups in total. The average Bonchev–Trinajstić information content (AvgIpc) is 2.22. The number of anilines is 1. The van der Waals surface area contributed by atoms with E-state index < -0.39 is 0 Å². The zero-order chi connectivity index (χ0) is 10.1. The standard InChI is InChI=1S/C7H9N3O.C2H6/c1-2-7(11)10-6-3-8-5-9-4-6;1-2/h3-5H,2H2,1H3,(H,10,11);1-2H3.